The highest BCUT2D eigenvalue weighted by Gasteiger charge is 2.24. The van der Waals surface area contributed by atoms with Crippen LogP contribution in [0.3, 0.4) is 0 Å². The zero-order valence-electron chi connectivity index (χ0n) is 14.1. The molecule has 0 spiro atoms. The molecule has 0 bridgehead atoms. The quantitative estimate of drug-likeness (QED) is 0.589. The molecule has 26 heavy (non-hydrogen) atoms. The second-order valence-electron chi connectivity index (χ2n) is 6.09. The fourth-order valence-corrected chi connectivity index (χ4v) is 3.08. The van der Waals surface area contributed by atoms with E-state index in [4.69, 9.17) is 25.8 Å². The van der Waals surface area contributed by atoms with Crippen LogP contribution in [0.25, 0.3) is 6.08 Å². The average molecular weight is 370 g/mol. The summed E-state index contributed by atoms with van der Waals surface area (Å²) in [6.07, 6.45) is 2.42. The smallest absolute Gasteiger partial charge is 0.363 e. The Hall–Kier alpha value is -2.79. The number of fused-ring (bicyclic) bond motifs is 1. The first-order chi connectivity index (χ1) is 12.6. The highest BCUT2D eigenvalue weighted by atomic mass is 35.5. The number of hydrogen-bond donors (Lipinski definition) is 0. The third-order valence-electron chi connectivity index (χ3n) is 4.01. The Balaban J connectivity index is 1.69. The first-order valence-electron chi connectivity index (χ1n) is 8.29. The number of carbonyl (C=O) groups excluding carboxylic acids is 1. The van der Waals surface area contributed by atoms with Crippen molar-refractivity contribution < 1.29 is 19.0 Å². The van der Waals surface area contributed by atoms with Gasteiger partial charge in [0.05, 0.1) is 18.2 Å². The summed E-state index contributed by atoms with van der Waals surface area (Å²) in [6.45, 7) is 3.09. The van der Waals surface area contributed by atoms with Crippen molar-refractivity contribution in [3.63, 3.8) is 0 Å². The van der Waals surface area contributed by atoms with Gasteiger partial charge >= 0.3 is 5.97 Å². The van der Waals surface area contributed by atoms with E-state index in [0.29, 0.717) is 41.2 Å². The molecule has 2 heterocycles. The van der Waals surface area contributed by atoms with Gasteiger partial charge in [-0.05, 0) is 42.8 Å². The van der Waals surface area contributed by atoms with Crippen LogP contribution in [0.4, 0.5) is 0 Å². The zero-order valence-corrected chi connectivity index (χ0v) is 14.9. The van der Waals surface area contributed by atoms with Crippen LogP contribution in [0.1, 0.15) is 23.1 Å². The van der Waals surface area contributed by atoms with Crippen LogP contribution in [-0.2, 0) is 9.53 Å². The van der Waals surface area contributed by atoms with Crippen LogP contribution in [0.15, 0.2) is 47.1 Å². The fraction of sp³-hybridized carbons (Fsp3) is 0.200. The molecule has 0 saturated carbocycles. The van der Waals surface area contributed by atoms with Crippen molar-refractivity contribution in [2.45, 2.75) is 13.3 Å². The maximum Gasteiger partial charge on any atom is 0.363 e. The number of benzene rings is 2. The molecule has 4 rings (SSSR count). The van der Waals surface area contributed by atoms with Crippen LogP contribution in [0.5, 0.6) is 11.5 Å². The lowest BCUT2D eigenvalue weighted by Gasteiger charge is -2.10. The van der Waals surface area contributed by atoms with Crippen LogP contribution in [0.2, 0.25) is 5.02 Å². The maximum absolute atomic E-state index is 12.2. The van der Waals surface area contributed by atoms with Crippen molar-refractivity contribution in [2.24, 2.45) is 4.99 Å². The molecule has 6 heteroatoms. The molecular formula is C20H16ClNO4. The van der Waals surface area contributed by atoms with Crippen molar-refractivity contribution in [3.8, 4) is 11.5 Å². The van der Waals surface area contributed by atoms with E-state index in [2.05, 4.69) is 4.99 Å². The minimum absolute atomic E-state index is 0.215. The summed E-state index contributed by atoms with van der Waals surface area (Å²) in [5.41, 5.74) is 2.74. The van der Waals surface area contributed by atoms with Gasteiger partial charge in [0, 0.05) is 12.0 Å². The number of halogens is 1. The number of esters is 1. The van der Waals surface area contributed by atoms with Gasteiger partial charge in [-0.3, -0.25) is 0 Å². The number of aliphatic imine (C=N–C) groups is 1. The van der Waals surface area contributed by atoms with Gasteiger partial charge in [-0.2, -0.15) is 0 Å². The molecule has 2 aliphatic heterocycles. The average Bonchev–Trinajstić information content (AvgIpc) is 2.81. The standard InChI is InChI=1S/C20H16ClNO4/c1-12-4-2-5-14(8-12)19-22-16(20(23)26-19)10-13-9-15(21)18-17(11-13)24-6-3-7-25-18/h2,4-5,8-11H,3,6-7H2,1H3/b16-10+. The first kappa shape index (κ1) is 16.7. The van der Waals surface area contributed by atoms with Gasteiger partial charge < -0.3 is 14.2 Å². The summed E-state index contributed by atoms with van der Waals surface area (Å²) in [4.78, 5) is 16.5. The molecule has 0 amide bonds. The number of cyclic esters (lactones) is 1. The highest BCUT2D eigenvalue weighted by molar-refractivity contribution is 6.32. The molecule has 132 valence electrons. The van der Waals surface area contributed by atoms with E-state index in [1.165, 1.54) is 0 Å². The molecule has 0 atom stereocenters. The van der Waals surface area contributed by atoms with Gasteiger partial charge in [-0.1, -0.05) is 29.3 Å². The summed E-state index contributed by atoms with van der Waals surface area (Å²) in [5, 5.41) is 0.436. The fourth-order valence-electron chi connectivity index (χ4n) is 2.80. The van der Waals surface area contributed by atoms with E-state index >= 15 is 0 Å². The Morgan fingerprint density at radius 3 is 2.85 bits per heavy atom. The van der Waals surface area contributed by atoms with E-state index in [1.807, 2.05) is 31.2 Å². The molecule has 0 N–H and O–H groups in total. The number of nitrogens with zero attached hydrogens (tertiary/aromatic N) is 1. The van der Waals surface area contributed by atoms with Gasteiger partial charge in [-0.15, -0.1) is 0 Å². The molecule has 0 saturated heterocycles. The molecule has 2 aromatic rings. The Kier molecular flexibility index (Phi) is 4.39. The molecule has 2 aliphatic rings. The number of carbonyl (C=O) groups is 1. The molecule has 0 aromatic heterocycles. The number of hydrogen-bond acceptors (Lipinski definition) is 5. The van der Waals surface area contributed by atoms with Crippen LogP contribution in [-0.4, -0.2) is 25.1 Å². The number of rotatable bonds is 2. The summed E-state index contributed by atoms with van der Waals surface area (Å²) >= 11 is 6.30. The summed E-state index contributed by atoms with van der Waals surface area (Å²) in [7, 11) is 0. The SMILES string of the molecule is Cc1cccc(C2=N/C(=C/c3cc(Cl)c4c(c3)OCCCO4)C(=O)O2)c1. The molecule has 0 fully saturated rings. The lowest BCUT2D eigenvalue weighted by molar-refractivity contribution is -0.129. The molecule has 5 nitrogen and oxygen atoms in total. The zero-order chi connectivity index (χ0) is 18.1. The van der Waals surface area contributed by atoms with Gasteiger partial charge in [0.1, 0.15) is 0 Å². The van der Waals surface area contributed by atoms with Crippen molar-refractivity contribution in [3.05, 3.63) is 63.8 Å². The van der Waals surface area contributed by atoms with Crippen molar-refractivity contribution in [2.75, 3.05) is 13.2 Å². The number of aryl methyl sites for hydroxylation is 1. The third kappa shape index (κ3) is 3.30. The Labute approximate surface area is 155 Å². The Morgan fingerprint density at radius 1 is 1.15 bits per heavy atom. The Morgan fingerprint density at radius 2 is 2.00 bits per heavy atom. The number of ether oxygens (including phenoxy) is 3. The second kappa shape index (κ2) is 6.84. The summed E-state index contributed by atoms with van der Waals surface area (Å²) < 4.78 is 16.6. The molecule has 2 aromatic carbocycles. The van der Waals surface area contributed by atoms with Crippen molar-refractivity contribution in [1.29, 1.82) is 0 Å². The lowest BCUT2D eigenvalue weighted by atomic mass is 10.1. The minimum Gasteiger partial charge on any atom is -0.489 e. The van der Waals surface area contributed by atoms with Gasteiger partial charge in [0.25, 0.3) is 0 Å². The summed E-state index contributed by atoms with van der Waals surface area (Å²) in [5.74, 6) is 0.899. The largest absolute Gasteiger partial charge is 0.489 e. The van der Waals surface area contributed by atoms with Crippen molar-refractivity contribution in [1.82, 2.24) is 0 Å². The molecule has 0 unspecified atom stereocenters. The predicted molar refractivity (Wildman–Crippen MR) is 98.8 cm³/mol. The molecular weight excluding hydrogens is 354 g/mol. The monoisotopic (exact) mass is 369 g/mol. The van der Waals surface area contributed by atoms with Gasteiger partial charge in [-0.25, -0.2) is 9.79 Å². The first-order valence-corrected chi connectivity index (χ1v) is 8.67. The van der Waals surface area contributed by atoms with Crippen LogP contribution >= 0.6 is 11.6 Å². The minimum atomic E-state index is -0.496. The summed E-state index contributed by atoms with van der Waals surface area (Å²) in [6, 6.07) is 11.1. The molecule has 0 aliphatic carbocycles. The van der Waals surface area contributed by atoms with Crippen molar-refractivity contribution >= 4 is 29.5 Å². The predicted octanol–water partition coefficient (Wildman–Crippen LogP) is 4.15. The normalized spacial score (nSPS) is 17.7. The van der Waals surface area contributed by atoms with Gasteiger partial charge in [0.2, 0.25) is 5.90 Å². The maximum atomic E-state index is 12.2. The van der Waals surface area contributed by atoms with E-state index in [-0.39, 0.29) is 5.70 Å². The van der Waals surface area contributed by atoms with E-state index in [9.17, 15) is 4.79 Å². The lowest BCUT2D eigenvalue weighted by Crippen LogP contribution is -2.05. The highest BCUT2D eigenvalue weighted by Crippen LogP contribution is 2.38. The van der Waals surface area contributed by atoms with E-state index in [0.717, 1.165) is 17.5 Å². The van der Waals surface area contributed by atoms with Crippen LogP contribution in [0, 0.1) is 6.92 Å². The topological polar surface area (TPSA) is 57.1 Å². The van der Waals surface area contributed by atoms with Gasteiger partial charge in [0.15, 0.2) is 17.2 Å². The second-order valence-corrected chi connectivity index (χ2v) is 6.49. The van der Waals surface area contributed by atoms with E-state index < -0.39 is 5.97 Å². The third-order valence-corrected chi connectivity index (χ3v) is 4.29. The molecule has 0 radical (unpaired) electrons. The Bertz CT molecular complexity index is 949. The van der Waals surface area contributed by atoms with E-state index in [1.54, 1.807) is 18.2 Å². The van der Waals surface area contributed by atoms with Crippen LogP contribution < -0.4 is 9.47 Å².